The fraction of sp³-hybridized carbons (Fsp3) is 0.417. The van der Waals surface area contributed by atoms with Crippen LogP contribution in [-0.4, -0.2) is 32.2 Å². The van der Waals surface area contributed by atoms with Crippen molar-refractivity contribution in [1.82, 2.24) is 0 Å². The number of methoxy groups -OCH3 is 1. The Morgan fingerprint density at radius 3 is 3.00 bits per heavy atom. The van der Waals surface area contributed by atoms with E-state index in [2.05, 4.69) is 0 Å². The van der Waals surface area contributed by atoms with E-state index in [4.69, 9.17) is 10.5 Å². The minimum absolute atomic E-state index is 0.0178. The van der Waals surface area contributed by atoms with Crippen LogP contribution in [0.2, 0.25) is 0 Å². The van der Waals surface area contributed by atoms with Crippen molar-refractivity contribution in [3.05, 3.63) is 29.8 Å². The van der Waals surface area contributed by atoms with Crippen LogP contribution in [0, 0.1) is 0 Å². The number of nitrogens with two attached hydrogens (primary N) is 1. The molecule has 0 fully saturated rings. The highest BCUT2D eigenvalue weighted by Gasteiger charge is 2.29. The Bertz CT molecular complexity index is 392. The van der Waals surface area contributed by atoms with Crippen molar-refractivity contribution < 1.29 is 9.53 Å². The smallest absolute Gasteiger partial charge is 0.244 e. The van der Waals surface area contributed by atoms with Gasteiger partial charge in [-0.1, -0.05) is 18.2 Å². The van der Waals surface area contributed by atoms with Crippen molar-refractivity contribution >= 4 is 11.6 Å². The van der Waals surface area contributed by atoms with Crippen molar-refractivity contribution in [1.29, 1.82) is 0 Å². The van der Waals surface area contributed by atoms with Gasteiger partial charge in [-0.15, -0.1) is 0 Å². The average molecular weight is 220 g/mol. The zero-order valence-corrected chi connectivity index (χ0v) is 9.35. The molecule has 4 nitrogen and oxygen atoms in total. The molecular weight excluding hydrogens is 204 g/mol. The highest BCUT2D eigenvalue weighted by atomic mass is 16.5. The van der Waals surface area contributed by atoms with E-state index in [1.54, 1.807) is 12.0 Å². The van der Waals surface area contributed by atoms with Crippen LogP contribution < -0.4 is 10.6 Å². The van der Waals surface area contributed by atoms with Gasteiger partial charge >= 0.3 is 0 Å². The van der Waals surface area contributed by atoms with E-state index >= 15 is 0 Å². The molecule has 1 aliphatic rings. The number of nitrogens with zero attached hydrogens (tertiary/aromatic N) is 1. The molecule has 1 aliphatic heterocycles. The third-order valence-electron chi connectivity index (χ3n) is 2.82. The monoisotopic (exact) mass is 220 g/mol. The molecule has 16 heavy (non-hydrogen) atoms. The quantitative estimate of drug-likeness (QED) is 0.809. The van der Waals surface area contributed by atoms with E-state index in [-0.39, 0.29) is 5.91 Å². The number of ether oxygens (including phenoxy) is 1. The first kappa shape index (κ1) is 11.1. The van der Waals surface area contributed by atoms with Crippen LogP contribution in [0.25, 0.3) is 0 Å². The molecule has 0 spiro atoms. The minimum Gasteiger partial charge on any atom is -0.383 e. The van der Waals surface area contributed by atoms with Gasteiger partial charge in [0.2, 0.25) is 5.91 Å². The number of rotatable bonds is 3. The lowest BCUT2D eigenvalue weighted by atomic mass is 9.98. The molecule has 0 aromatic heterocycles. The van der Waals surface area contributed by atoms with Gasteiger partial charge in [-0.05, 0) is 18.1 Å². The number of benzene rings is 1. The second-order valence-electron chi connectivity index (χ2n) is 3.92. The maximum absolute atomic E-state index is 11.9. The third kappa shape index (κ3) is 1.94. The highest BCUT2D eigenvalue weighted by Crippen LogP contribution is 2.26. The van der Waals surface area contributed by atoms with Crippen molar-refractivity contribution in [2.45, 2.75) is 12.5 Å². The maximum Gasteiger partial charge on any atom is 0.244 e. The summed E-state index contributed by atoms with van der Waals surface area (Å²) in [5.74, 6) is -0.0178. The van der Waals surface area contributed by atoms with Crippen molar-refractivity contribution in [3.8, 4) is 0 Å². The van der Waals surface area contributed by atoms with Crippen LogP contribution in [-0.2, 0) is 16.0 Å². The summed E-state index contributed by atoms with van der Waals surface area (Å²) in [4.78, 5) is 13.7. The molecule has 0 bridgehead atoms. The van der Waals surface area contributed by atoms with Crippen LogP contribution in [0.3, 0.4) is 0 Å². The zero-order valence-electron chi connectivity index (χ0n) is 9.35. The van der Waals surface area contributed by atoms with Crippen LogP contribution in [0.4, 0.5) is 5.69 Å². The number of amides is 1. The van der Waals surface area contributed by atoms with Crippen LogP contribution in [0.1, 0.15) is 5.56 Å². The lowest BCUT2D eigenvalue weighted by Gasteiger charge is -2.32. The molecule has 1 unspecified atom stereocenters. The zero-order chi connectivity index (χ0) is 11.5. The molecule has 1 heterocycles. The standard InChI is InChI=1S/C12H16N2O2/c1-16-7-6-14-11-5-3-2-4-9(11)8-10(13)12(14)15/h2-5,10H,6-8,13H2,1H3. The number of carbonyl (C=O) groups is 1. The van der Waals surface area contributed by atoms with Crippen LogP contribution in [0.5, 0.6) is 0 Å². The summed E-state index contributed by atoms with van der Waals surface area (Å²) in [6.45, 7) is 1.08. The van der Waals surface area contributed by atoms with Gasteiger partial charge in [0.1, 0.15) is 0 Å². The van der Waals surface area contributed by atoms with Crippen LogP contribution in [0.15, 0.2) is 24.3 Å². The molecule has 1 atom stereocenters. The maximum atomic E-state index is 11.9. The lowest BCUT2D eigenvalue weighted by molar-refractivity contribution is -0.120. The SMILES string of the molecule is COCCN1C(=O)C(N)Cc2ccccc21. The lowest BCUT2D eigenvalue weighted by Crippen LogP contribution is -2.49. The van der Waals surface area contributed by atoms with Gasteiger partial charge in [-0.25, -0.2) is 0 Å². The van der Waals surface area contributed by atoms with Crippen LogP contribution >= 0.6 is 0 Å². The van der Waals surface area contributed by atoms with E-state index in [0.29, 0.717) is 19.6 Å². The fourth-order valence-corrected chi connectivity index (χ4v) is 2.00. The summed E-state index contributed by atoms with van der Waals surface area (Å²) in [5, 5.41) is 0. The molecule has 1 aromatic rings. The number of anilines is 1. The van der Waals surface area contributed by atoms with E-state index < -0.39 is 6.04 Å². The van der Waals surface area contributed by atoms with Gasteiger partial charge in [-0.2, -0.15) is 0 Å². The van der Waals surface area contributed by atoms with E-state index in [1.165, 1.54) is 0 Å². The number of carbonyl (C=O) groups excluding carboxylic acids is 1. The molecule has 1 amide bonds. The molecule has 0 radical (unpaired) electrons. The Kier molecular flexibility index (Phi) is 3.22. The van der Waals surface area contributed by atoms with Gasteiger partial charge in [0, 0.05) is 19.3 Å². The first-order valence-electron chi connectivity index (χ1n) is 5.38. The first-order valence-corrected chi connectivity index (χ1v) is 5.38. The summed E-state index contributed by atoms with van der Waals surface area (Å²) in [6.07, 6.45) is 0.624. The Balaban J connectivity index is 2.30. The molecule has 0 aliphatic carbocycles. The topological polar surface area (TPSA) is 55.6 Å². The van der Waals surface area contributed by atoms with E-state index in [9.17, 15) is 4.79 Å². The molecule has 0 saturated heterocycles. The third-order valence-corrected chi connectivity index (χ3v) is 2.82. The number of hydrogen-bond acceptors (Lipinski definition) is 3. The minimum atomic E-state index is -0.424. The Labute approximate surface area is 95.0 Å². The van der Waals surface area contributed by atoms with Gasteiger partial charge < -0.3 is 15.4 Å². The number of para-hydroxylation sites is 1. The van der Waals surface area contributed by atoms with Gasteiger partial charge in [0.15, 0.2) is 0 Å². The summed E-state index contributed by atoms with van der Waals surface area (Å²) in [5.41, 5.74) is 7.92. The van der Waals surface area contributed by atoms with Gasteiger partial charge in [-0.3, -0.25) is 4.79 Å². The summed E-state index contributed by atoms with van der Waals surface area (Å²) in [7, 11) is 1.63. The van der Waals surface area contributed by atoms with Gasteiger partial charge in [0.05, 0.1) is 12.6 Å². The summed E-state index contributed by atoms with van der Waals surface area (Å²) >= 11 is 0. The molecule has 0 saturated carbocycles. The second kappa shape index (κ2) is 4.63. The Morgan fingerprint density at radius 1 is 1.50 bits per heavy atom. The van der Waals surface area contributed by atoms with E-state index in [0.717, 1.165) is 11.3 Å². The molecule has 86 valence electrons. The predicted octanol–water partition coefficient (Wildman–Crippen LogP) is 0.549. The molecular formula is C12H16N2O2. The molecule has 2 N–H and O–H groups in total. The van der Waals surface area contributed by atoms with Crippen molar-refractivity contribution in [2.24, 2.45) is 5.73 Å². The van der Waals surface area contributed by atoms with Crippen molar-refractivity contribution in [3.63, 3.8) is 0 Å². The molecule has 2 rings (SSSR count). The fourth-order valence-electron chi connectivity index (χ4n) is 2.00. The number of fused-ring (bicyclic) bond motifs is 1. The average Bonchev–Trinajstić information content (AvgIpc) is 2.30. The second-order valence-corrected chi connectivity index (χ2v) is 3.92. The number of hydrogen-bond donors (Lipinski definition) is 1. The summed E-state index contributed by atoms with van der Waals surface area (Å²) < 4.78 is 5.01. The highest BCUT2D eigenvalue weighted by molar-refractivity contribution is 6.00. The predicted molar refractivity (Wildman–Crippen MR) is 62.4 cm³/mol. The van der Waals surface area contributed by atoms with Gasteiger partial charge in [0.25, 0.3) is 0 Å². The van der Waals surface area contributed by atoms with Crippen molar-refractivity contribution in [2.75, 3.05) is 25.2 Å². The van der Waals surface area contributed by atoms with E-state index in [1.807, 2.05) is 24.3 Å². The summed E-state index contributed by atoms with van der Waals surface area (Å²) in [6, 6.07) is 7.45. The first-order chi connectivity index (χ1) is 7.74. The Hall–Kier alpha value is -1.39. The Morgan fingerprint density at radius 2 is 2.25 bits per heavy atom. The molecule has 1 aromatic carbocycles. The normalized spacial score (nSPS) is 19.8. The molecule has 4 heteroatoms. The largest absolute Gasteiger partial charge is 0.383 e.